The highest BCUT2D eigenvalue weighted by Gasteiger charge is 2.42. The third kappa shape index (κ3) is 3.33. The van der Waals surface area contributed by atoms with Gasteiger partial charge in [-0.15, -0.1) is 0 Å². The Labute approximate surface area is 119 Å². The molecular weight excluding hydrogens is 260 g/mol. The summed E-state index contributed by atoms with van der Waals surface area (Å²) in [4.78, 5) is 11.2. The lowest BCUT2D eigenvalue weighted by atomic mass is 9.68. The Hall–Kier alpha value is -1.07. The molecule has 1 fully saturated rings. The van der Waals surface area contributed by atoms with Crippen molar-refractivity contribution in [3.05, 3.63) is 11.8 Å². The standard InChI is InChI=1S/C15H24O5/c1-2-19-15-11(7-4-8-16)12(10-5-3-6-10)9-13(20-15)14(17)18/h9-12,15-16H,2-8H2,1H3,(H,17,18)/t11-,12+,15+/m1/s1. The molecule has 5 heteroatoms. The van der Waals surface area contributed by atoms with Crippen LogP contribution in [0.15, 0.2) is 11.8 Å². The third-order valence-electron chi connectivity index (χ3n) is 4.36. The van der Waals surface area contributed by atoms with Crippen molar-refractivity contribution < 1.29 is 24.5 Å². The number of ether oxygens (including phenoxy) is 2. The summed E-state index contributed by atoms with van der Waals surface area (Å²) in [6, 6.07) is 0. The average Bonchev–Trinajstić information content (AvgIpc) is 2.35. The lowest BCUT2D eigenvalue weighted by Gasteiger charge is -2.42. The summed E-state index contributed by atoms with van der Waals surface area (Å²) in [7, 11) is 0. The molecule has 0 bridgehead atoms. The number of hydrogen-bond acceptors (Lipinski definition) is 4. The van der Waals surface area contributed by atoms with Gasteiger partial charge in [0.15, 0.2) is 0 Å². The van der Waals surface area contributed by atoms with Crippen molar-refractivity contribution in [2.45, 2.75) is 45.3 Å². The van der Waals surface area contributed by atoms with Crippen LogP contribution in [0.3, 0.4) is 0 Å². The van der Waals surface area contributed by atoms with E-state index in [0.717, 1.165) is 19.3 Å². The van der Waals surface area contributed by atoms with Crippen molar-refractivity contribution >= 4 is 5.97 Å². The highest BCUT2D eigenvalue weighted by atomic mass is 16.7. The number of carboxylic acids is 1. The van der Waals surface area contributed by atoms with Crippen molar-refractivity contribution in [3.63, 3.8) is 0 Å². The quantitative estimate of drug-likeness (QED) is 0.749. The van der Waals surface area contributed by atoms with Crippen LogP contribution >= 0.6 is 0 Å². The Morgan fingerprint density at radius 3 is 2.75 bits per heavy atom. The second-order valence-corrected chi connectivity index (χ2v) is 5.58. The van der Waals surface area contributed by atoms with E-state index in [-0.39, 0.29) is 24.2 Å². The molecular formula is C15H24O5. The predicted octanol–water partition coefficient (Wildman–Crippen LogP) is 2.15. The van der Waals surface area contributed by atoms with E-state index in [2.05, 4.69) is 0 Å². The number of allylic oxidation sites excluding steroid dienone is 1. The van der Waals surface area contributed by atoms with Gasteiger partial charge in [-0.1, -0.05) is 6.42 Å². The van der Waals surface area contributed by atoms with E-state index < -0.39 is 12.3 Å². The van der Waals surface area contributed by atoms with Gasteiger partial charge >= 0.3 is 5.97 Å². The highest BCUT2D eigenvalue weighted by Crippen LogP contribution is 2.44. The Bertz CT molecular complexity index is 361. The molecule has 0 radical (unpaired) electrons. The molecule has 2 N–H and O–H groups in total. The fraction of sp³-hybridized carbons (Fsp3) is 0.800. The summed E-state index contributed by atoms with van der Waals surface area (Å²) in [5.41, 5.74) is 0. The molecule has 0 aromatic heterocycles. The van der Waals surface area contributed by atoms with Crippen LogP contribution in [0, 0.1) is 17.8 Å². The largest absolute Gasteiger partial charge is 0.475 e. The minimum atomic E-state index is -1.03. The molecule has 0 spiro atoms. The molecule has 0 saturated heterocycles. The van der Waals surface area contributed by atoms with Gasteiger partial charge in [0.25, 0.3) is 0 Å². The van der Waals surface area contributed by atoms with E-state index >= 15 is 0 Å². The third-order valence-corrected chi connectivity index (χ3v) is 4.36. The average molecular weight is 284 g/mol. The molecule has 0 aromatic rings. The fourth-order valence-electron chi connectivity index (χ4n) is 3.14. The maximum absolute atomic E-state index is 11.2. The molecule has 3 atom stereocenters. The van der Waals surface area contributed by atoms with Gasteiger partial charge in [-0.25, -0.2) is 4.79 Å². The molecule has 5 nitrogen and oxygen atoms in total. The van der Waals surface area contributed by atoms with Crippen LogP contribution in [-0.2, 0) is 14.3 Å². The number of carboxylic acid groups (broad SMARTS) is 1. The molecule has 1 aliphatic heterocycles. The van der Waals surface area contributed by atoms with E-state index in [4.69, 9.17) is 14.6 Å². The Balaban J connectivity index is 2.18. The first-order valence-corrected chi connectivity index (χ1v) is 7.51. The monoisotopic (exact) mass is 284 g/mol. The number of carbonyl (C=O) groups is 1. The first-order chi connectivity index (χ1) is 9.67. The SMILES string of the molecule is CCO[C@H]1OC(C(=O)O)=C[C@@H](C2CCC2)[C@H]1CCCO. The van der Waals surface area contributed by atoms with Gasteiger partial charge in [0.05, 0.1) is 0 Å². The van der Waals surface area contributed by atoms with Crippen molar-refractivity contribution in [2.75, 3.05) is 13.2 Å². The maximum atomic E-state index is 11.2. The normalized spacial score (nSPS) is 30.3. The van der Waals surface area contributed by atoms with Crippen LogP contribution in [0.1, 0.15) is 39.0 Å². The predicted molar refractivity (Wildman–Crippen MR) is 72.9 cm³/mol. The zero-order valence-electron chi connectivity index (χ0n) is 12.0. The fourth-order valence-corrected chi connectivity index (χ4v) is 3.14. The summed E-state index contributed by atoms with van der Waals surface area (Å²) < 4.78 is 11.1. The zero-order valence-corrected chi connectivity index (χ0v) is 12.0. The van der Waals surface area contributed by atoms with Gasteiger partial charge < -0.3 is 19.7 Å². The summed E-state index contributed by atoms with van der Waals surface area (Å²) in [6.45, 7) is 2.51. The topological polar surface area (TPSA) is 76.0 Å². The Kier molecular flexibility index (Phi) is 5.43. The minimum absolute atomic E-state index is 0.0144. The van der Waals surface area contributed by atoms with Crippen LogP contribution in [0.4, 0.5) is 0 Å². The van der Waals surface area contributed by atoms with Crippen molar-refractivity contribution in [1.82, 2.24) is 0 Å². The minimum Gasteiger partial charge on any atom is -0.475 e. The molecule has 2 aliphatic rings. The lowest BCUT2D eigenvalue weighted by Crippen LogP contribution is -2.41. The first kappa shape index (κ1) is 15.3. The van der Waals surface area contributed by atoms with Crippen molar-refractivity contribution in [3.8, 4) is 0 Å². The van der Waals surface area contributed by atoms with E-state index in [1.165, 1.54) is 6.42 Å². The second-order valence-electron chi connectivity index (χ2n) is 5.58. The van der Waals surface area contributed by atoms with Crippen LogP contribution < -0.4 is 0 Å². The molecule has 2 rings (SSSR count). The number of aliphatic hydroxyl groups excluding tert-OH is 1. The van der Waals surface area contributed by atoms with Crippen molar-refractivity contribution in [2.24, 2.45) is 17.8 Å². The van der Waals surface area contributed by atoms with Crippen LogP contribution in [0.25, 0.3) is 0 Å². The van der Waals surface area contributed by atoms with E-state index in [1.54, 1.807) is 6.08 Å². The smallest absolute Gasteiger partial charge is 0.370 e. The summed E-state index contributed by atoms with van der Waals surface area (Å²) >= 11 is 0. The number of aliphatic carboxylic acids is 1. The van der Waals surface area contributed by atoms with E-state index in [0.29, 0.717) is 18.9 Å². The number of hydrogen-bond donors (Lipinski definition) is 2. The van der Waals surface area contributed by atoms with Gasteiger partial charge in [0.1, 0.15) is 0 Å². The molecule has 1 heterocycles. The molecule has 1 saturated carbocycles. The van der Waals surface area contributed by atoms with Crippen LogP contribution in [0.5, 0.6) is 0 Å². The highest BCUT2D eigenvalue weighted by molar-refractivity contribution is 5.84. The molecule has 0 aromatic carbocycles. The Morgan fingerprint density at radius 1 is 1.50 bits per heavy atom. The summed E-state index contributed by atoms with van der Waals surface area (Å²) in [5, 5.41) is 18.2. The van der Waals surface area contributed by atoms with Gasteiger partial charge in [-0.2, -0.15) is 0 Å². The summed E-state index contributed by atoms with van der Waals surface area (Å²) in [5.74, 6) is -0.165. The second kappa shape index (κ2) is 7.09. The van der Waals surface area contributed by atoms with Gasteiger partial charge in [0.2, 0.25) is 12.0 Å². The van der Waals surface area contributed by atoms with Crippen LogP contribution in [-0.4, -0.2) is 35.7 Å². The molecule has 20 heavy (non-hydrogen) atoms. The van der Waals surface area contributed by atoms with Gasteiger partial charge in [0, 0.05) is 19.1 Å². The van der Waals surface area contributed by atoms with E-state index in [9.17, 15) is 9.90 Å². The van der Waals surface area contributed by atoms with Gasteiger partial charge in [-0.05, 0) is 50.5 Å². The molecule has 0 amide bonds. The molecule has 114 valence electrons. The zero-order chi connectivity index (χ0) is 14.5. The first-order valence-electron chi connectivity index (χ1n) is 7.51. The Morgan fingerprint density at radius 2 is 2.25 bits per heavy atom. The maximum Gasteiger partial charge on any atom is 0.370 e. The number of rotatable bonds is 7. The number of aliphatic hydroxyl groups is 1. The van der Waals surface area contributed by atoms with Crippen molar-refractivity contribution in [1.29, 1.82) is 0 Å². The van der Waals surface area contributed by atoms with Crippen LogP contribution in [0.2, 0.25) is 0 Å². The summed E-state index contributed by atoms with van der Waals surface area (Å²) in [6.07, 6.45) is 6.25. The van der Waals surface area contributed by atoms with E-state index in [1.807, 2.05) is 6.92 Å². The van der Waals surface area contributed by atoms with Gasteiger partial charge in [-0.3, -0.25) is 0 Å². The molecule has 0 unspecified atom stereocenters. The lowest BCUT2D eigenvalue weighted by molar-refractivity contribution is -0.183. The molecule has 1 aliphatic carbocycles.